The standard InChI is InChI=1S/C33H36N8O6S/c1-3-7-26-29-30(38-41(26)20-23-8-5-6-11-34-23)32(42)37-31(36-29)25-17-24(18-35-33(25)45-4-2)48(43,44)40-14-12-39(13-15-40)19-22-9-10-27-28(16-22)47-21-46-27/h5-6,8-11,16-18H,3-4,7,12-15,19-21H2,1-2H3,(H,36,37,42). The van der Waals surface area contributed by atoms with Gasteiger partial charge < -0.3 is 19.2 Å². The molecule has 2 aliphatic heterocycles. The topological polar surface area (TPSA) is 158 Å². The van der Waals surface area contributed by atoms with Crippen LogP contribution in [0.3, 0.4) is 0 Å². The summed E-state index contributed by atoms with van der Waals surface area (Å²) in [5.74, 6) is 1.78. The van der Waals surface area contributed by atoms with Crippen LogP contribution < -0.4 is 19.8 Å². The molecule has 7 rings (SSSR count). The molecule has 250 valence electrons. The Morgan fingerprint density at radius 3 is 2.56 bits per heavy atom. The number of nitrogens with zero attached hydrogens (tertiary/aromatic N) is 7. The van der Waals surface area contributed by atoms with Crippen LogP contribution in [0.4, 0.5) is 0 Å². The number of aromatic amines is 1. The Kier molecular flexibility index (Phi) is 8.81. The van der Waals surface area contributed by atoms with Crippen LogP contribution in [0.25, 0.3) is 22.4 Å². The first-order chi connectivity index (χ1) is 23.3. The highest BCUT2D eigenvalue weighted by atomic mass is 32.2. The minimum absolute atomic E-state index is 0.00690. The zero-order valence-electron chi connectivity index (χ0n) is 26.8. The number of hydrogen-bond acceptors (Lipinski definition) is 11. The van der Waals surface area contributed by atoms with Gasteiger partial charge >= 0.3 is 0 Å². The van der Waals surface area contributed by atoms with Gasteiger partial charge in [-0.05, 0) is 49.2 Å². The minimum atomic E-state index is -3.92. The molecule has 0 bridgehead atoms. The second kappa shape index (κ2) is 13.3. The number of benzene rings is 1. The minimum Gasteiger partial charge on any atom is -0.477 e. The molecular formula is C33H36N8O6S. The number of aromatic nitrogens is 6. The van der Waals surface area contributed by atoms with Crippen molar-refractivity contribution in [3.63, 3.8) is 0 Å². The first kappa shape index (κ1) is 31.7. The Morgan fingerprint density at radius 1 is 0.958 bits per heavy atom. The van der Waals surface area contributed by atoms with Gasteiger partial charge in [-0.2, -0.15) is 9.40 Å². The fourth-order valence-electron chi connectivity index (χ4n) is 6.02. The predicted molar refractivity (Wildman–Crippen MR) is 176 cm³/mol. The van der Waals surface area contributed by atoms with E-state index in [1.165, 1.54) is 16.6 Å². The third-order valence-electron chi connectivity index (χ3n) is 8.40. The second-order valence-electron chi connectivity index (χ2n) is 11.6. The second-order valence-corrected chi connectivity index (χ2v) is 13.5. The van der Waals surface area contributed by atoms with E-state index in [9.17, 15) is 13.2 Å². The maximum absolute atomic E-state index is 13.9. The van der Waals surface area contributed by atoms with E-state index in [0.29, 0.717) is 51.2 Å². The highest BCUT2D eigenvalue weighted by molar-refractivity contribution is 7.89. The molecule has 0 saturated carbocycles. The lowest BCUT2D eigenvalue weighted by molar-refractivity contribution is 0.173. The molecule has 0 aliphatic carbocycles. The van der Waals surface area contributed by atoms with Gasteiger partial charge in [-0.3, -0.25) is 19.4 Å². The van der Waals surface area contributed by atoms with Crippen molar-refractivity contribution in [1.82, 2.24) is 38.9 Å². The van der Waals surface area contributed by atoms with Gasteiger partial charge in [0, 0.05) is 38.9 Å². The molecule has 1 saturated heterocycles. The number of aryl methyl sites for hydroxylation is 1. The third kappa shape index (κ3) is 6.23. The van der Waals surface area contributed by atoms with Gasteiger partial charge in [0.2, 0.25) is 22.7 Å². The number of fused-ring (bicyclic) bond motifs is 2. The summed E-state index contributed by atoms with van der Waals surface area (Å²) in [7, 11) is -3.92. The zero-order chi connectivity index (χ0) is 33.3. The summed E-state index contributed by atoms with van der Waals surface area (Å²) >= 11 is 0. The Bertz CT molecular complexity index is 2110. The molecule has 0 spiro atoms. The number of hydrogen-bond donors (Lipinski definition) is 1. The summed E-state index contributed by atoms with van der Waals surface area (Å²) in [6.07, 6.45) is 4.44. The molecule has 6 heterocycles. The SMILES string of the molecule is CCCc1c2nc(-c3cc(S(=O)(=O)N4CCN(Cc5ccc6c(c5)OCO6)CC4)cnc3OCC)[nH]c(=O)c2nn1Cc1ccccn1. The number of nitrogens with one attached hydrogen (secondary N) is 1. The smallest absolute Gasteiger partial charge is 0.279 e. The first-order valence-electron chi connectivity index (χ1n) is 16.0. The quantitative estimate of drug-likeness (QED) is 0.220. The van der Waals surface area contributed by atoms with Crippen LogP contribution >= 0.6 is 0 Å². The van der Waals surface area contributed by atoms with Gasteiger partial charge in [0.05, 0.1) is 36.3 Å². The van der Waals surface area contributed by atoms with Gasteiger partial charge in [-0.1, -0.05) is 25.5 Å². The van der Waals surface area contributed by atoms with Crippen LogP contribution in [0.15, 0.2) is 64.5 Å². The summed E-state index contributed by atoms with van der Waals surface area (Å²) < 4.78 is 47.7. The number of H-pyrrole nitrogens is 1. The van der Waals surface area contributed by atoms with Gasteiger partial charge in [0.25, 0.3) is 5.56 Å². The zero-order valence-corrected chi connectivity index (χ0v) is 27.6. The summed E-state index contributed by atoms with van der Waals surface area (Å²) in [5.41, 5.74) is 3.14. The van der Waals surface area contributed by atoms with Gasteiger partial charge in [-0.25, -0.2) is 18.4 Å². The molecule has 0 radical (unpaired) electrons. The van der Waals surface area contributed by atoms with E-state index in [0.717, 1.165) is 34.9 Å². The van der Waals surface area contributed by atoms with Crippen molar-refractivity contribution in [3.05, 3.63) is 82.2 Å². The molecular weight excluding hydrogens is 636 g/mol. The average molecular weight is 673 g/mol. The summed E-state index contributed by atoms with van der Waals surface area (Å²) in [5, 5.41) is 4.59. The molecule has 48 heavy (non-hydrogen) atoms. The molecule has 4 aromatic heterocycles. The lowest BCUT2D eigenvalue weighted by Crippen LogP contribution is -2.48. The number of pyridine rings is 2. The summed E-state index contributed by atoms with van der Waals surface area (Å²) in [6.45, 7) is 7.13. The predicted octanol–water partition coefficient (Wildman–Crippen LogP) is 3.21. The van der Waals surface area contributed by atoms with Crippen molar-refractivity contribution in [2.24, 2.45) is 0 Å². The van der Waals surface area contributed by atoms with E-state index in [2.05, 4.69) is 25.0 Å². The van der Waals surface area contributed by atoms with Crippen LogP contribution in [-0.2, 0) is 29.5 Å². The van der Waals surface area contributed by atoms with E-state index >= 15 is 0 Å². The molecule has 1 N–H and O–H groups in total. The Balaban J connectivity index is 1.16. The molecule has 5 aromatic rings. The Morgan fingerprint density at radius 2 is 1.79 bits per heavy atom. The van der Waals surface area contributed by atoms with Crippen LogP contribution in [0.1, 0.15) is 37.2 Å². The van der Waals surface area contributed by atoms with Crippen molar-refractivity contribution < 1.29 is 22.6 Å². The molecule has 0 atom stereocenters. The lowest BCUT2D eigenvalue weighted by atomic mass is 10.2. The summed E-state index contributed by atoms with van der Waals surface area (Å²) in [6, 6.07) is 13.0. The molecule has 2 aliphatic rings. The number of ether oxygens (including phenoxy) is 3. The molecule has 0 unspecified atom stereocenters. The molecule has 1 fully saturated rings. The van der Waals surface area contributed by atoms with E-state index < -0.39 is 15.6 Å². The van der Waals surface area contributed by atoms with E-state index in [-0.39, 0.29) is 41.1 Å². The van der Waals surface area contributed by atoms with Gasteiger partial charge in [0.1, 0.15) is 16.2 Å². The Hall–Kier alpha value is -4.86. The van der Waals surface area contributed by atoms with E-state index in [4.69, 9.17) is 19.2 Å². The van der Waals surface area contributed by atoms with E-state index in [1.807, 2.05) is 43.3 Å². The van der Waals surface area contributed by atoms with Crippen LogP contribution in [-0.4, -0.2) is 86.9 Å². The van der Waals surface area contributed by atoms with Gasteiger partial charge in [-0.15, -0.1) is 0 Å². The van der Waals surface area contributed by atoms with Crippen molar-refractivity contribution in [3.8, 4) is 28.8 Å². The molecule has 15 heteroatoms. The van der Waals surface area contributed by atoms with Crippen LogP contribution in [0.5, 0.6) is 17.4 Å². The van der Waals surface area contributed by atoms with Crippen molar-refractivity contribution in [2.45, 2.75) is 44.7 Å². The van der Waals surface area contributed by atoms with Gasteiger partial charge in [0.15, 0.2) is 17.0 Å². The number of piperazine rings is 1. The monoisotopic (exact) mass is 672 g/mol. The van der Waals surface area contributed by atoms with Crippen molar-refractivity contribution >= 4 is 21.1 Å². The lowest BCUT2D eigenvalue weighted by Gasteiger charge is -2.34. The van der Waals surface area contributed by atoms with E-state index in [1.54, 1.807) is 17.8 Å². The largest absolute Gasteiger partial charge is 0.477 e. The fraction of sp³-hybridized carbons (Fsp3) is 0.364. The normalized spacial score (nSPS) is 15.3. The number of sulfonamides is 1. The van der Waals surface area contributed by atoms with Crippen LogP contribution in [0.2, 0.25) is 0 Å². The number of rotatable bonds is 11. The molecule has 1 aromatic carbocycles. The fourth-order valence-corrected chi connectivity index (χ4v) is 7.42. The van der Waals surface area contributed by atoms with Crippen molar-refractivity contribution in [2.75, 3.05) is 39.6 Å². The Labute approximate surface area is 277 Å². The average Bonchev–Trinajstić information content (AvgIpc) is 3.70. The maximum atomic E-state index is 13.9. The summed E-state index contributed by atoms with van der Waals surface area (Å²) in [4.78, 5) is 32.0. The first-order valence-corrected chi connectivity index (χ1v) is 17.4. The highest BCUT2D eigenvalue weighted by Gasteiger charge is 2.31. The molecule has 0 amide bonds. The van der Waals surface area contributed by atoms with Crippen LogP contribution in [0, 0.1) is 0 Å². The third-order valence-corrected chi connectivity index (χ3v) is 10.3. The van der Waals surface area contributed by atoms with Crippen molar-refractivity contribution in [1.29, 1.82) is 0 Å². The maximum Gasteiger partial charge on any atom is 0.279 e. The molecule has 14 nitrogen and oxygen atoms in total. The highest BCUT2D eigenvalue weighted by Crippen LogP contribution is 2.33.